The minimum atomic E-state index is -0.384. The highest BCUT2D eigenvalue weighted by Gasteiger charge is 2.14. The van der Waals surface area contributed by atoms with Crippen LogP contribution in [0, 0.1) is 0 Å². The Balaban J connectivity index is 0. The fraction of sp³-hybridized carbons (Fsp3) is 0.778. The molecule has 0 fully saturated rings. The van der Waals surface area contributed by atoms with Crippen molar-refractivity contribution in [2.45, 2.75) is 6.10 Å². The maximum atomic E-state index is 9.44. The molecule has 1 unspecified atom stereocenters. The predicted molar refractivity (Wildman–Crippen MR) is 49.9 cm³/mol. The second kappa shape index (κ2) is 7.33. The van der Waals surface area contributed by atoms with Crippen LogP contribution in [-0.2, 0) is 4.74 Å². The van der Waals surface area contributed by atoms with Crippen molar-refractivity contribution in [2.24, 2.45) is 0 Å². The molecule has 0 aromatic rings. The van der Waals surface area contributed by atoms with Gasteiger partial charge in [0.1, 0.15) is 12.6 Å². The van der Waals surface area contributed by atoms with Crippen molar-refractivity contribution in [1.29, 1.82) is 0 Å². The number of ether oxygens (including phenoxy) is 1. The van der Waals surface area contributed by atoms with Crippen LogP contribution in [0.3, 0.4) is 0 Å². The Morgan fingerprint density at radius 2 is 2.00 bits per heavy atom. The maximum absolute atomic E-state index is 9.44. The van der Waals surface area contributed by atoms with E-state index < -0.39 is 0 Å². The molecule has 0 saturated carbocycles. The molecule has 0 spiro atoms. The van der Waals surface area contributed by atoms with Crippen molar-refractivity contribution in [3.63, 3.8) is 0 Å². The van der Waals surface area contributed by atoms with E-state index in [9.17, 15) is 5.11 Å². The summed E-state index contributed by atoms with van der Waals surface area (Å²) in [5, 5.41) is 9.44. The van der Waals surface area contributed by atoms with Crippen molar-refractivity contribution in [1.82, 2.24) is 0 Å². The third-order valence-corrected chi connectivity index (χ3v) is 1.30. The zero-order valence-corrected chi connectivity index (χ0v) is 9.42. The summed E-state index contributed by atoms with van der Waals surface area (Å²) in [7, 11) is 6.12. The summed E-state index contributed by atoms with van der Waals surface area (Å²) >= 11 is 0. The normalized spacial score (nSPS) is 13.2. The van der Waals surface area contributed by atoms with Crippen LogP contribution in [-0.4, -0.2) is 56.6 Å². The lowest BCUT2D eigenvalue weighted by Crippen LogP contribution is -3.00. The fourth-order valence-electron chi connectivity index (χ4n) is 0.972. The third-order valence-electron chi connectivity index (χ3n) is 1.30. The van der Waals surface area contributed by atoms with E-state index >= 15 is 0 Å². The van der Waals surface area contributed by atoms with Crippen LogP contribution in [0.2, 0.25) is 0 Å². The Labute approximate surface area is 87.0 Å². The molecular formula is C9H20ClNO2. The van der Waals surface area contributed by atoms with Gasteiger partial charge in [-0.1, -0.05) is 6.08 Å². The summed E-state index contributed by atoms with van der Waals surface area (Å²) in [5.41, 5.74) is 0. The number of halogens is 1. The molecule has 0 aliphatic rings. The SMILES string of the molecule is C=CCOCC(O)C[N+](C)(C)C.[Cl-]. The molecule has 80 valence electrons. The fourth-order valence-corrected chi connectivity index (χ4v) is 0.972. The van der Waals surface area contributed by atoms with Crippen LogP contribution in [0.5, 0.6) is 0 Å². The molecular weight excluding hydrogens is 190 g/mol. The van der Waals surface area contributed by atoms with E-state index in [4.69, 9.17) is 4.74 Å². The van der Waals surface area contributed by atoms with Crippen LogP contribution in [0.15, 0.2) is 12.7 Å². The highest BCUT2D eigenvalue weighted by Crippen LogP contribution is 1.95. The zero-order valence-electron chi connectivity index (χ0n) is 8.66. The second-order valence-electron chi connectivity index (χ2n) is 3.95. The van der Waals surface area contributed by atoms with E-state index in [-0.39, 0.29) is 18.5 Å². The van der Waals surface area contributed by atoms with E-state index in [2.05, 4.69) is 6.58 Å². The molecule has 0 saturated heterocycles. The summed E-state index contributed by atoms with van der Waals surface area (Å²) < 4.78 is 5.86. The van der Waals surface area contributed by atoms with Crippen molar-refractivity contribution < 1.29 is 26.7 Å². The van der Waals surface area contributed by atoms with Gasteiger partial charge < -0.3 is 26.7 Å². The molecule has 0 bridgehead atoms. The van der Waals surface area contributed by atoms with Gasteiger partial charge in [-0.25, -0.2) is 0 Å². The van der Waals surface area contributed by atoms with Crippen molar-refractivity contribution in [3.8, 4) is 0 Å². The lowest BCUT2D eigenvalue weighted by atomic mass is 10.3. The molecule has 0 aromatic heterocycles. The quantitative estimate of drug-likeness (QED) is 0.292. The van der Waals surface area contributed by atoms with Crippen molar-refractivity contribution in [2.75, 3.05) is 40.9 Å². The number of rotatable bonds is 6. The van der Waals surface area contributed by atoms with Gasteiger partial charge in [0.05, 0.1) is 34.4 Å². The van der Waals surface area contributed by atoms with Gasteiger partial charge in [-0.3, -0.25) is 0 Å². The molecule has 0 heterocycles. The Hall–Kier alpha value is -0.0900. The van der Waals surface area contributed by atoms with Gasteiger partial charge in [-0.05, 0) is 0 Å². The first-order chi connectivity index (χ1) is 5.45. The Kier molecular flexibility index (Phi) is 8.67. The number of hydrogen-bond donors (Lipinski definition) is 1. The topological polar surface area (TPSA) is 29.5 Å². The van der Waals surface area contributed by atoms with Crippen molar-refractivity contribution >= 4 is 0 Å². The van der Waals surface area contributed by atoms with Crippen LogP contribution in [0.25, 0.3) is 0 Å². The minimum absolute atomic E-state index is 0. The number of nitrogens with zero attached hydrogens (tertiary/aromatic N) is 1. The first kappa shape index (κ1) is 15.4. The van der Waals surface area contributed by atoms with Gasteiger partial charge in [-0.2, -0.15) is 0 Å². The van der Waals surface area contributed by atoms with Crippen LogP contribution in [0.4, 0.5) is 0 Å². The molecule has 0 aromatic carbocycles. The molecule has 4 heteroatoms. The lowest BCUT2D eigenvalue weighted by molar-refractivity contribution is -0.873. The summed E-state index contributed by atoms with van der Waals surface area (Å²) in [6, 6.07) is 0. The average Bonchev–Trinajstić information content (AvgIpc) is 1.84. The molecule has 0 rings (SSSR count). The van der Waals surface area contributed by atoms with E-state index in [1.165, 1.54) is 0 Å². The molecule has 3 nitrogen and oxygen atoms in total. The summed E-state index contributed by atoms with van der Waals surface area (Å²) in [6.07, 6.45) is 1.29. The number of likely N-dealkylation sites (N-methyl/N-ethyl adjacent to an activating group) is 1. The van der Waals surface area contributed by atoms with Gasteiger partial charge in [0.25, 0.3) is 0 Å². The van der Waals surface area contributed by atoms with Crippen molar-refractivity contribution in [3.05, 3.63) is 12.7 Å². The number of aliphatic hydroxyl groups is 1. The average molecular weight is 210 g/mol. The monoisotopic (exact) mass is 209 g/mol. The smallest absolute Gasteiger partial charge is 0.126 e. The number of hydrogen-bond acceptors (Lipinski definition) is 2. The summed E-state index contributed by atoms with van der Waals surface area (Å²) in [5.74, 6) is 0. The molecule has 0 amide bonds. The molecule has 13 heavy (non-hydrogen) atoms. The van der Waals surface area contributed by atoms with E-state index in [1.807, 2.05) is 21.1 Å². The van der Waals surface area contributed by atoms with Gasteiger partial charge in [0.15, 0.2) is 0 Å². The number of quaternary nitrogens is 1. The first-order valence-electron chi connectivity index (χ1n) is 4.13. The molecule has 1 N–H and O–H groups in total. The molecule has 0 aliphatic carbocycles. The molecule has 1 atom stereocenters. The third kappa shape index (κ3) is 11.9. The Bertz CT molecular complexity index is 134. The molecule has 0 aliphatic heterocycles. The Morgan fingerprint density at radius 1 is 1.46 bits per heavy atom. The largest absolute Gasteiger partial charge is 1.00 e. The standard InChI is InChI=1S/C9H20NO2.ClH/c1-5-6-12-8-9(11)7-10(2,3)4;/h5,9,11H,1,6-8H2,2-4H3;1H/q+1;/p-1. The molecule has 0 radical (unpaired) electrons. The summed E-state index contributed by atoms with van der Waals surface area (Å²) in [4.78, 5) is 0. The zero-order chi connectivity index (χ0) is 9.61. The highest BCUT2D eigenvalue weighted by atomic mass is 35.5. The number of aliphatic hydroxyl groups excluding tert-OH is 1. The van der Waals surface area contributed by atoms with Gasteiger partial charge >= 0.3 is 0 Å². The first-order valence-corrected chi connectivity index (χ1v) is 4.13. The Morgan fingerprint density at radius 3 is 2.38 bits per heavy atom. The maximum Gasteiger partial charge on any atom is 0.126 e. The van der Waals surface area contributed by atoms with Crippen LogP contribution >= 0.6 is 0 Å². The van der Waals surface area contributed by atoms with Crippen LogP contribution in [0.1, 0.15) is 0 Å². The highest BCUT2D eigenvalue weighted by molar-refractivity contribution is 4.64. The lowest BCUT2D eigenvalue weighted by Gasteiger charge is -2.26. The second-order valence-corrected chi connectivity index (χ2v) is 3.95. The van der Waals surface area contributed by atoms with E-state index in [0.29, 0.717) is 19.8 Å². The van der Waals surface area contributed by atoms with E-state index in [1.54, 1.807) is 6.08 Å². The van der Waals surface area contributed by atoms with Gasteiger partial charge in [0, 0.05) is 0 Å². The van der Waals surface area contributed by atoms with Gasteiger partial charge in [-0.15, -0.1) is 6.58 Å². The van der Waals surface area contributed by atoms with Crippen LogP contribution < -0.4 is 12.4 Å². The summed E-state index contributed by atoms with van der Waals surface area (Å²) in [6.45, 7) is 5.13. The van der Waals surface area contributed by atoms with E-state index in [0.717, 1.165) is 4.48 Å². The predicted octanol–water partition coefficient (Wildman–Crippen LogP) is -2.74. The minimum Gasteiger partial charge on any atom is -1.00 e. The van der Waals surface area contributed by atoms with Gasteiger partial charge in [0.2, 0.25) is 0 Å².